The Kier molecular flexibility index (Phi) is 5.98. The Balaban J connectivity index is 1.89. The quantitative estimate of drug-likeness (QED) is 0.647. The predicted molar refractivity (Wildman–Crippen MR) is 101 cm³/mol. The zero-order valence-corrected chi connectivity index (χ0v) is 16.2. The molecule has 3 rings (SSSR count). The van der Waals surface area contributed by atoms with Crippen LogP contribution in [-0.2, 0) is 6.61 Å². The number of carbonyl (C=O) groups is 1. The molecule has 2 unspecified atom stereocenters. The number of halogens is 4. The van der Waals surface area contributed by atoms with Gasteiger partial charge in [-0.1, -0.05) is 18.2 Å². The van der Waals surface area contributed by atoms with Crippen molar-refractivity contribution < 1.29 is 27.5 Å². The summed E-state index contributed by atoms with van der Waals surface area (Å²) in [5.74, 6) is -2.41. The maximum atomic E-state index is 13.6. The van der Waals surface area contributed by atoms with Gasteiger partial charge in [0.2, 0.25) is 0 Å². The van der Waals surface area contributed by atoms with Crippen molar-refractivity contribution in [1.82, 2.24) is 5.32 Å². The molecule has 2 atom stereocenters. The molecule has 156 valence electrons. The number of rotatable bonds is 6. The molecule has 0 radical (unpaired) electrons. The van der Waals surface area contributed by atoms with Gasteiger partial charge in [0.25, 0.3) is 5.91 Å². The summed E-state index contributed by atoms with van der Waals surface area (Å²) in [5.41, 5.74) is 1.46. The molecule has 0 aromatic heterocycles. The summed E-state index contributed by atoms with van der Waals surface area (Å²) in [6.45, 7) is 2.19. The normalized spacial score (nSPS) is 16.4. The Hall–Kier alpha value is -2.41. The Labute approximate surface area is 166 Å². The second kappa shape index (κ2) is 8.14. The van der Waals surface area contributed by atoms with Gasteiger partial charge in [0.15, 0.2) is 0 Å². The third-order valence-corrected chi connectivity index (χ3v) is 5.37. The summed E-state index contributed by atoms with van der Waals surface area (Å²) < 4.78 is 53.0. The van der Waals surface area contributed by atoms with E-state index in [0.717, 1.165) is 25.3 Å². The molecule has 1 saturated carbocycles. The SMILES string of the molecule is Cc1cc(C(NC(=O)c2cc(CO)cc(C(C)C(F)(F)F)c2)C2CC2)ccc1F. The lowest BCUT2D eigenvalue weighted by atomic mass is 9.95. The molecule has 1 aliphatic rings. The topological polar surface area (TPSA) is 49.3 Å². The van der Waals surface area contributed by atoms with Crippen LogP contribution in [-0.4, -0.2) is 17.2 Å². The molecular formula is C22H23F4NO2. The second-order valence-corrected chi connectivity index (χ2v) is 7.68. The standard InChI is InChI=1S/C22H23F4NO2/c1-12-7-16(5-6-19(12)23)20(15-3-4-15)27-21(29)18-9-14(11-28)8-17(10-18)13(2)22(24,25)26/h5-10,13,15,20,28H,3-4,11H2,1-2H3,(H,27,29). The number of hydrogen-bond acceptors (Lipinski definition) is 2. The van der Waals surface area contributed by atoms with Gasteiger partial charge in [0, 0.05) is 5.56 Å². The third kappa shape index (κ3) is 4.96. The highest BCUT2D eigenvalue weighted by Crippen LogP contribution is 2.41. The van der Waals surface area contributed by atoms with E-state index in [4.69, 9.17) is 0 Å². The summed E-state index contributed by atoms with van der Waals surface area (Å²) in [4.78, 5) is 12.9. The maximum Gasteiger partial charge on any atom is 0.395 e. The first kappa shape index (κ1) is 21.3. The molecule has 1 aliphatic carbocycles. The number of benzene rings is 2. The van der Waals surface area contributed by atoms with E-state index in [1.54, 1.807) is 19.1 Å². The first-order valence-electron chi connectivity index (χ1n) is 9.48. The van der Waals surface area contributed by atoms with Gasteiger partial charge in [-0.3, -0.25) is 4.79 Å². The summed E-state index contributed by atoms with van der Waals surface area (Å²) in [6.07, 6.45) is -2.63. The van der Waals surface area contributed by atoms with Gasteiger partial charge in [-0.2, -0.15) is 13.2 Å². The molecule has 3 nitrogen and oxygen atoms in total. The second-order valence-electron chi connectivity index (χ2n) is 7.68. The zero-order valence-electron chi connectivity index (χ0n) is 16.2. The molecule has 0 spiro atoms. The van der Waals surface area contributed by atoms with E-state index in [2.05, 4.69) is 5.32 Å². The van der Waals surface area contributed by atoms with E-state index in [1.807, 2.05) is 0 Å². The molecule has 0 bridgehead atoms. The van der Waals surface area contributed by atoms with Gasteiger partial charge < -0.3 is 10.4 Å². The highest BCUT2D eigenvalue weighted by Gasteiger charge is 2.38. The van der Waals surface area contributed by atoms with E-state index in [9.17, 15) is 27.5 Å². The molecule has 7 heteroatoms. The minimum Gasteiger partial charge on any atom is -0.392 e. The molecular weight excluding hydrogens is 386 g/mol. The molecule has 2 aromatic carbocycles. The van der Waals surface area contributed by atoms with Crippen LogP contribution in [0.25, 0.3) is 0 Å². The number of aryl methyl sites for hydroxylation is 1. The first-order chi connectivity index (χ1) is 13.6. The van der Waals surface area contributed by atoms with Crippen molar-refractivity contribution >= 4 is 5.91 Å². The smallest absolute Gasteiger partial charge is 0.392 e. The van der Waals surface area contributed by atoms with Crippen molar-refractivity contribution in [2.45, 2.75) is 51.4 Å². The first-order valence-corrected chi connectivity index (χ1v) is 9.48. The van der Waals surface area contributed by atoms with E-state index < -0.39 is 24.6 Å². The number of aliphatic hydroxyl groups excluding tert-OH is 1. The highest BCUT2D eigenvalue weighted by atomic mass is 19.4. The Morgan fingerprint density at radius 3 is 2.41 bits per heavy atom. The number of carbonyl (C=O) groups excluding carboxylic acids is 1. The lowest BCUT2D eigenvalue weighted by molar-refractivity contribution is -0.146. The minimum atomic E-state index is -4.45. The molecule has 29 heavy (non-hydrogen) atoms. The zero-order chi connectivity index (χ0) is 21.3. The Bertz CT molecular complexity index is 906. The van der Waals surface area contributed by atoms with E-state index in [1.165, 1.54) is 24.3 Å². The largest absolute Gasteiger partial charge is 0.395 e. The Morgan fingerprint density at radius 2 is 1.86 bits per heavy atom. The van der Waals surface area contributed by atoms with E-state index >= 15 is 0 Å². The van der Waals surface area contributed by atoms with Crippen molar-refractivity contribution in [3.63, 3.8) is 0 Å². The number of alkyl halides is 3. The molecule has 0 aliphatic heterocycles. The monoisotopic (exact) mass is 409 g/mol. The summed E-state index contributed by atoms with van der Waals surface area (Å²) in [5, 5.41) is 12.3. The van der Waals surface area contributed by atoms with Crippen molar-refractivity contribution in [1.29, 1.82) is 0 Å². The fourth-order valence-electron chi connectivity index (χ4n) is 3.37. The van der Waals surface area contributed by atoms with Crippen LogP contribution in [0.3, 0.4) is 0 Å². The summed E-state index contributed by atoms with van der Waals surface area (Å²) in [7, 11) is 0. The molecule has 0 heterocycles. The molecule has 0 saturated heterocycles. The lowest BCUT2D eigenvalue weighted by Gasteiger charge is -2.21. The average Bonchev–Trinajstić information content (AvgIpc) is 3.51. The molecule has 2 N–H and O–H groups in total. The molecule has 1 fully saturated rings. The number of nitrogens with one attached hydrogen (secondary N) is 1. The number of hydrogen-bond donors (Lipinski definition) is 2. The van der Waals surface area contributed by atoms with Crippen molar-refractivity contribution in [2.24, 2.45) is 5.92 Å². The van der Waals surface area contributed by atoms with Gasteiger partial charge in [-0.05, 0) is 73.1 Å². The van der Waals surface area contributed by atoms with Crippen LogP contribution in [0, 0.1) is 18.7 Å². The van der Waals surface area contributed by atoms with Crippen LogP contribution < -0.4 is 5.32 Å². The fourth-order valence-corrected chi connectivity index (χ4v) is 3.37. The highest BCUT2D eigenvalue weighted by molar-refractivity contribution is 5.95. The van der Waals surface area contributed by atoms with E-state index in [0.29, 0.717) is 5.56 Å². The third-order valence-electron chi connectivity index (χ3n) is 5.37. The maximum absolute atomic E-state index is 13.6. The van der Waals surface area contributed by atoms with E-state index in [-0.39, 0.29) is 34.5 Å². The summed E-state index contributed by atoms with van der Waals surface area (Å²) in [6, 6.07) is 8.17. The van der Waals surface area contributed by atoms with Crippen LogP contribution in [0.5, 0.6) is 0 Å². The molecule has 2 aromatic rings. The fraction of sp³-hybridized carbons (Fsp3) is 0.409. The number of amides is 1. The van der Waals surface area contributed by atoms with Gasteiger partial charge in [-0.25, -0.2) is 4.39 Å². The van der Waals surface area contributed by atoms with Crippen molar-refractivity contribution in [3.05, 3.63) is 70.0 Å². The Morgan fingerprint density at radius 1 is 1.17 bits per heavy atom. The van der Waals surface area contributed by atoms with Gasteiger partial charge in [0.05, 0.1) is 18.6 Å². The van der Waals surface area contributed by atoms with Crippen LogP contribution in [0.15, 0.2) is 36.4 Å². The van der Waals surface area contributed by atoms with Gasteiger partial charge in [-0.15, -0.1) is 0 Å². The number of aliphatic hydroxyl groups is 1. The summed E-state index contributed by atoms with van der Waals surface area (Å²) >= 11 is 0. The lowest BCUT2D eigenvalue weighted by Crippen LogP contribution is -2.30. The molecule has 1 amide bonds. The van der Waals surface area contributed by atoms with Gasteiger partial charge >= 0.3 is 6.18 Å². The van der Waals surface area contributed by atoms with Crippen LogP contribution >= 0.6 is 0 Å². The van der Waals surface area contributed by atoms with Gasteiger partial charge in [0.1, 0.15) is 5.82 Å². The van der Waals surface area contributed by atoms with Crippen LogP contribution in [0.4, 0.5) is 17.6 Å². The minimum absolute atomic E-state index is 0.0622. The average molecular weight is 409 g/mol. The predicted octanol–water partition coefficient (Wildman–Crippen LogP) is 5.17. The van der Waals surface area contributed by atoms with Crippen molar-refractivity contribution in [3.8, 4) is 0 Å². The van der Waals surface area contributed by atoms with Crippen LogP contribution in [0.2, 0.25) is 0 Å². The van der Waals surface area contributed by atoms with Crippen LogP contribution in [0.1, 0.15) is 64.3 Å². The van der Waals surface area contributed by atoms with Crippen molar-refractivity contribution in [2.75, 3.05) is 0 Å².